The maximum Gasteiger partial charge on any atom is 0.293 e. The van der Waals surface area contributed by atoms with Crippen LogP contribution in [-0.2, 0) is 21.4 Å². The molecule has 1 aliphatic heterocycles. The first-order valence-electron chi connectivity index (χ1n) is 9.14. The SMILES string of the molecule is Cc1ccc(S(=O)(=O)N2CCCC(C(=O)NCc3noc(-c4ccco4)n3)C2)s1. The van der Waals surface area contributed by atoms with E-state index in [-0.39, 0.29) is 24.9 Å². The summed E-state index contributed by atoms with van der Waals surface area (Å²) in [5.74, 6) is 0.360. The number of rotatable bonds is 6. The molecule has 1 N–H and O–H groups in total. The van der Waals surface area contributed by atoms with E-state index < -0.39 is 15.9 Å². The summed E-state index contributed by atoms with van der Waals surface area (Å²) in [6.45, 7) is 2.54. The number of hydrogen-bond acceptors (Lipinski definition) is 8. The third-order valence-electron chi connectivity index (χ3n) is 4.69. The lowest BCUT2D eigenvalue weighted by Gasteiger charge is -2.30. The van der Waals surface area contributed by atoms with Crippen LogP contribution in [0, 0.1) is 12.8 Å². The quantitative estimate of drug-likeness (QED) is 0.630. The lowest BCUT2D eigenvalue weighted by molar-refractivity contribution is -0.126. The van der Waals surface area contributed by atoms with Crippen LogP contribution in [0.25, 0.3) is 11.7 Å². The minimum atomic E-state index is -3.57. The third kappa shape index (κ3) is 4.26. The van der Waals surface area contributed by atoms with Gasteiger partial charge in [0.15, 0.2) is 11.6 Å². The van der Waals surface area contributed by atoms with Crippen LogP contribution in [-0.4, -0.2) is 41.9 Å². The van der Waals surface area contributed by atoms with Gasteiger partial charge in [-0.15, -0.1) is 11.3 Å². The summed E-state index contributed by atoms with van der Waals surface area (Å²) in [4.78, 5) is 17.7. The van der Waals surface area contributed by atoms with Crippen LogP contribution >= 0.6 is 11.3 Å². The molecule has 1 amide bonds. The molecular formula is C18H20N4O5S2. The Kier molecular flexibility index (Phi) is 5.52. The second-order valence-corrected chi connectivity index (χ2v) is 10.2. The first kappa shape index (κ1) is 19.8. The van der Waals surface area contributed by atoms with Crippen molar-refractivity contribution < 1.29 is 22.2 Å². The van der Waals surface area contributed by atoms with Crippen molar-refractivity contribution in [3.05, 3.63) is 41.2 Å². The third-order valence-corrected chi connectivity index (χ3v) is 8.02. The van der Waals surface area contributed by atoms with Crippen LogP contribution in [0.3, 0.4) is 0 Å². The molecule has 1 aliphatic rings. The lowest BCUT2D eigenvalue weighted by Crippen LogP contribution is -2.45. The molecule has 11 heteroatoms. The van der Waals surface area contributed by atoms with Crippen LogP contribution in [0.2, 0.25) is 0 Å². The second-order valence-electron chi connectivity index (χ2n) is 6.78. The zero-order valence-corrected chi connectivity index (χ0v) is 17.3. The predicted molar refractivity (Wildman–Crippen MR) is 104 cm³/mol. The van der Waals surface area contributed by atoms with Crippen LogP contribution in [0.1, 0.15) is 23.5 Å². The van der Waals surface area contributed by atoms with Gasteiger partial charge in [0.2, 0.25) is 5.91 Å². The lowest BCUT2D eigenvalue weighted by atomic mass is 9.99. The highest BCUT2D eigenvalue weighted by molar-refractivity contribution is 7.91. The summed E-state index contributed by atoms with van der Waals surface area (Å²) in [6.07, 6.45) is 2.76. The molecule has 1 atom stereocenters. The smallest absolute Gasteiger partial charge is 0.293 e. The molecule has 0 radical (unpaired) electrons. The zero-order chi connectivity index (χ0) is 20.4. The fourth-order valence-electron chi connectivity index (χ4n) is 3.19. The Morgan fingerprint density at radius 3 is 2.97 bits per heavy atom. The van der Waals surface area contributed by atoms with Crippen molar-refractivity contribution in [1.29, 1.82) is 0 Å². The molecule has 0 bridgehead atoms. The van der Waals surface area contributed by atoms with Gasteiger partial charge in [-0.05, 0) is 44.0 Å². The summed E-state index contributed by atoms with van der Waals surface area (Å²) < 4.78 is 37.7. The molecule has 0 aromatic carbocycles. The van der Waals surface area contributed by atoms with E-state index in [1.165, 1.54) is 21.9 Å². The number of furan rings is 1. The van der Waals surface area contributed by atoms with E-state index in [0.29, 0.717) is 35.2 Å². The Morgan fingerprint density at radius 1 is 1.38 bits per heavy atom. The van der Waals surface area contributed by atoms with Gasteiger partial charge in [-0.2, -0.15) is 9.29 Å². The number of piperidine rings is 1. The fraction of sp³-hybridized carbons (Fsp3) is 0.389. The van der Waals surface area contributed by atoms with E-state index in [4.69, 9.17) is 8.94 Å². The number of aromatic nitrogens is 2. The van der Waals surface area contributed by atoms with Gasteiger partial charge in [-0.25, -0.2) is 8.42 Å². The average molecular weight is 437 g/mol. The number of nitrogens with one attached hydrogen (secondary N) is 1. The number of nitrogens with zero attached hydrogens (tertiary/aromatic N) is 3. The van der Waals surface area contributed by atoms with Gasteiger partial charge in [0.25, 0.3) is 15.9 Å². The molecule has 0 aliphatic carbocycles. The van der Waals surface area contributed by atoms with Crippen molar-refractivity contribution in [2.75, 3.05) is 13.1 Å². The van der Waals surface area contributed by atoms with Gasteiger partial charge in [0.05, 0.1) is 18.7 Å². The molecule has 4 heterocycles. The Morgan fingerprint density at radius 2 is 2.24 bits per heavy atom. The van der Waals surface area contributed by atoms with E-state index in [1.54, 1.807) is 24.3 Å². The molecule has 1 saturated heterocycles. The standard InChI is InChI=1S/C18H20N4O5S2/c1-12-6-7-16(28-12)29(24,25)22-8-2-4-13(11-22)17(23)19-10-15-20-18(27-21-15)14-5-3-9-26-14/h3,5-7,9,13H,2,4,8,10-11H2,1H3,(H,19,23). The maximum absolute atomic E-state index is 12.8. The molecule has 0 spiro atoms. The van der Waals surface area contributed by atoms with E-state index in [9.17, 15) is 13.2 Å². The predicted octanol–water partition coefficient (Wildman–Crippen LogP) is 2.42. The summed E-state index contributed by atoms with van der Waals surface area (Å²) in [7, 11) is -3.57. The number of aryl methyl sites for hydroxylation is 1. The number of carbonyl (C=O) groups is 1. The Bertz CT molecular complexity index is 1090. The summed E-state index contributed by atoms with van der Waals surface area (Å²) in [6, 6.07) is 6.81. The largest absolute Gasteiger partial charge is 0.459 e. The number of thiophene rings is 1. The highest BCUT2D eigenvalue weighted by Crippen LogP contribution is 2.28. The van der Waals surface area contributed by atoms with Gasteiger partial charge in [0, 0.05) is 18.0 Å². The molecule has 4 rings (SSSR count). The minimum absolute atomic E-state index is 0.0937. The molecule has 154 valence electrons. The molecule has 9 nitrogen and oxygen atoms in total. The normalized spacial score (nSPS) is 18.0. The van der Waals surface area contributed by atoms with Crippen molar-refractivity contribution in [3.63, 3.8) is 0 Å². The first-order valence-corrected chi connectivity index (χ1v) is 11.4. The summed E-state index contributed by atoms with van der Waals surface area (Å²) >= 11 is 1.24. The van der Waals surface area contributed by atoms with Crippen molar-refractivity contribution in [2.24, 2.45) is 5.92 Å². The van der Waals surface area contributed by atoms with Crippen LogP contribution < -0.4 is 5.32 Å². The average Bonchev–Trinajstić information content (AvgIpc) is 3.47. The highest BCUT2D eigenvalue weighted by atomic mass is 32.2. The van der Waals surface area contributed by atoms with Crippen LogP contribution in [0.15, 0.2) is 43.7 Å². The van der Waals surface area contributed by atoms with E-state index in [1.807, 2.05) is 6.92 Å². The first-order chi connectivity index (χ1) is 13.9. The molecule has 1 unspecified atom stereocenters. The van der Waals surface area contributed by atoms with E-state index in [2.05, 4.69) is 15.5 Å². The van der Waals surface area contributed by atoms with Gasteiger partial charge in [0.1, 0.15) is 4.21 Å². The van der Waals surface area contributed by atoms with Crippen LogP contribution in [0.4, 0.5) is 0 Å². The van der Waals surface area contributed by atoms with E-state index in [0.717, 1.165) is 4.88 Å². The van der Waals surface area contributed by atoms with Crippen molar-refractivity contribution >= 4 is 27.3 Å². The molecular weight excluding hydrogens is 416 g/mol. The van der Waals surface area contributed by atoms with Crippen molar-refractivity contribution in [2.45, 2.75) is 30.5 Å². The van der Waals surface area contributed by atoms with Gasteiger partial charge in [-0.3, -0.25) is 4.79 Å². The Balaban J connectivity index is 1.36. The monoisotopic (exact) mass is 436 g/mol. The maximum atomic E-state index is 12.8. The molecule has 29 heavy (non-hydrogen) atoms. The zero-order valence-electron chi connectivity index (χ0n) is 15.7. The van der Waals surface area contributed by atoms with Crippen molar-refractivity contribution in [3.8, 4) is 11.7 Å². The fourth-order valence-corrected chi connectivity index (χ4v) is 6.15. The molecule has 0 saturated carbocycles. The second kappa shape index (κ2) is 8.09. The minimum Gasteiger partial charge on any atom is -0.459 e. The summed E-state index contributed by atoms with van der Waals surface area (Å²) in [5.41, 5.74) is 0. The van der Waals surface area contributed by atoms with Gasteiger partial charge < -0.3 is 14.3 Å². The topological polar surface area (TPSA) is 119 Å². The molecule has 3 aromatic rings. The number of amides is 1. The Labute approximate surface area is 171 Å². The number of hydrogen-bond donors (Lipinski definition) is 1. The van der Waals surface area contributed by atoms with Crippen molar-refractivity contribution in [1.82, 2.24) is 19.8 Å². The van der Waals surface area contributed by atoms with Gasteiger partial charge >= 0.3 is 0 Å². The highest BCUT2D eigenvalue weighted by Gasteiger charge is 2.34. The summed E-state index contributed by atoms with van der Waals surface area (Å²) in [5, 5.41) is 6.59. The number of carbonyl (C=O) groups excluding carboxylic acids is 1. The van der Waals surface area contributed by atoms with Gasteiger partial charge in [-0.1, -0.05) is 5.16 Å². The molecule has 3 aromatic heterocycles. The van der Waals surface area contributed by atoms with Crippen LogP contribution in [0.5, 0.6) is 0 Å². The van der Waals surface area contributed by atoms with E-state index >= 15 is 0 Å². The molecule has 1 fully saturated rings. The Hall–Kier alpha value is -2.50. The number of sulfonamides is 1.